The Labute approximate surface area is 248 Å². The minimum absolute atomic E-state index is 0.166. The normalized spacial score (nSPS) is 14.7. The number of methoxy groups -OCH3 is 2. The van der Waals surface area contributed by atoms with Gasteiger partial charge in [-0.1, -0.05) is 39.4 Å². The topological polar surface area (TPSA) is 115 Å². The average Bonchev–Trinajstić information content (AvgIpc) is 3.26. The molecule has 0 bridgehead atoms. The summed E-state index contributed by atoms with van der Waals surface area (Å²) in [5.41, 5.74) is 1.73. The van der Waals surface area contributed by atoms with E-state index >= 15 is 0 Å². The predicted molar refractivity (Wildman–Crippen MR) is 156 cm³/mol. The van der Waals surface area contributed by atoms with Gasteiger partial charge in [0.2, 0.25) is 0 Å². The number of ether oxygens (including phenoxy) is 5. The number of halogens is 1. The molecule has 0 N–H and O–H groups in total. The molecule has 2 aromatic carbocycles. The Balaban J connectivity index is 1.81. The number of rotatable bonds is 10. The lowest BCUT2D eigenvalue weighted by Crippen LogP contribution is -2.40. The molecule has 0 fully saturated rings. The Morgan fingerprint density at radius 2 is 1.71 bits per heavy atom. The summed E-state index contributed by atoms with van der Waals surface area (Å²) in [7, 11) is 3.04. The zero-order valence-corrected chi connectivity index (χ0v) is 25.6. The Kier molecular flexibility index (Phi) is 9.66. The number of aromatic nitrogens is 1. The van der Waals surface area contributed by atoms with Gasteiger partial charge in [-0.3, -0.25) is 9.36 Å². The molecule has 0 radical (unpaired) electrons. The maximum atomic E-state index is 13.9. The van der Waals surface area contributed by atoms with Gasteiger partial charge in [-0.05, 0) is 62.2 Å². The molecule has 0 spiro atoms. The third kappa shape index (κ3) is 6.38. The predicted octanol–water partition coefficient (Wildman–Crippen LogP) is 3.52. The number of hydrogen-bond donors (Lipinski definition) is 0. The number of esters is 2. The molecule has 0 amide bonds. The highest BCUT2D eigenvalue weighted by atomic mass is 79.9. The van der Waals surface area contributed by atoms with Crippen molar-refractivity contribution in [1.29, 1.82) is 0 Å². The van der Waals surface area contributed by atoms with Gasteiger partial charge in [-0.15, -0.1) is 0 Å². The second-order valence-electron chi connectivity index (χ2n) is 8.69. The first-order chi connectivity index (χ1) is 19.7. The minimum atomic E-state index is -0.833. The van der Waals surface area contributed by atoms with Crippen LogP contribution >= 0.6 is 27.3 Å². The van der Waals surface area contributed by atoms with Crippen LogP contribution in [0.25, 0.3) is 6.08 Å². The molecule has 216 valence electrons. The lowest BCUT2D eigenvalue weighted by molar-refractivity contribution is -0.145. The lowest BCUT2D eigenvalue weighted by atomic mass is 9.95. The molecule has 0 saturated heterocycles. The zero-order valence-electron chi connectivity index (χ0n) is 23.2. The smallest absolute Gasteiger partial charge is 0.344 e. The SMILES string of the molecule is CCOC(=O)COc1ccc(/C=c2\sc3n(c2=O)[C@H](c2cc(OC)c(OC)cc2Br)C(C(=O)OCC)=C(C)N=3)cc1. The monoisotopic (exact) mass is 644 g/mol. The van der Waals surface area contributed by atoms with Gasteiger partial charge in [0, 0.05) is 4.47 Å². The van der Waals surface area contributed by atoms with E-state index in [0.717, 1.165) is 5.56 Å². The molecule has 41 heavy (non-hydrogen) atoms. The highest BCUT2D eigenvalue weighted by Gasteiger charge is 2.35. The molecule has 1 atom stereocenters. The highest BCUT2D eigenvalue weighted by Crippen LogP contribution is 2.40. The fraction of sp³-hybridized carbons (Fsp3) is 0.310. The second-order valence-corrected chi connectivity index (χ2v) is 10.6. The van der Waals surface area contributed by atoms with E-state index in [9.17, 15) is 14.4 Å². The van der Waals surface area contributed by atoms with Crippen molar-refractivity contribution in [3.05, 3.63) is 83.0 Å². The van der Waals surface area contributed by atoms with Gasteiger partial charge in [0.05, 0.1) is 49.3 Å². The van der Waals surface area contributed by atoms with Crippen LogP contribution in [0.2, 0.25) is 0 Å². The molecule has 1 aliphatic rings. The molecule has 10 nitrogen and oxygen atoms in total. The molecule has 0 aliphatic carbocycles. The summed E-state index contributed by atoms with van der Waals surface area (Å²) in [5.74, 6) is 0.406. The maximum Gasteiger partial charge on any atom is 0.344 e. The Morgan fingerprint density at radius 3 is 2.34 bits per heavy atom. The molecular formula is C29H29BrN2O8S. The Hall–Kier alpha value is -3.90. The quantitative estimate of drug-likeness (QED) is 0.308. The number of carbonyl (C=O) groups is 2. The van der Waals surface area contributed by atoms with Crippen LogP contribution in [-0.4, -0.2) is 50.5 Å². The fourth-order valence-corrected chi connectivity index (χ4v) is 5.91. The van der Waals surface area contributed by atoms with Crippen LogP contribution in [0.3, 0.4) is 0 Å². The van der Waals surface area contributed by atoms with Crippen LogP contribution in [-0.2, 0) is 19.1 Å². The Morgan fingerprint density at radius 1 is 1.05 bits per heavy atom. The third-order valence-corrected chi connectivity index (χ3v) is 7.82. The summed E-state index contributed by atoms with van der Waals surface area (Å²) in [4.78, 5) is 43.7. The van der Waals surface area contributed by atoms with E-state index in [1.165, 1.54) is 30.1 Å². The van der Waals surface area contributed by atoms with Gasteiger partial charge in [-0.25, -0.2) is 14.6 Å². The van der Waals surface area contributed by atoms with Crippen molar-refractivity contribution in [1.82, 2.24) is 4.57 Å². The van der Waals surface area contributed by atoms with Crippen LogP contribution in [0.1, 0.15) is 37.9 Å². The first-order valence-corrected chi connectivity index (χ1v) is 14.3. The first kappa shape index (κ1) is 30.1. The van der Waals surface area contributed by atoms with E-state index in [1.807, 2.05) is 0 Å². The second kappa shape index (κ2) is 13.2. The van der Waals surface area contributed by atoms with Gasteiger partial charge >= 0.3 is 11.9 Å². The Bertz CT molecular complexity index is 1670. The van der Waals surface area contributed by atoms with E-state index in [1.54, 1.807) is 63.2 Å². The van der Waals surface area contributed by atoms with E-state index < -0.39 is 18.0 Å². The van der Waals surface area contributed by atoms with Crippen molar-refractivity contribution in [2.75, 3.05) is 34.0 Å². The number of thiazole rings is 1. The van der Waals surface area contributed by atoms with Crippen LogP contribution in [0.5, 0.6) is 17.2 Å². The molecule has 3 aromatic rings. The zero-order chi connectivity index (χ0) is 29.7. The molecular weight excluding hydrogens is 616 g/mol. The van der Waals surface area contributed by atoms with E-state index in [2.05, 4.69) is 20.9 Å². The van der Waals surface area contributed by atoms with Gasteiger partial charge < -0.3 is 23.7 Å². The van der Waals surface area contributed by atoms with Crippen LogP contribution < -0.4 is 29.1 Å². The molecule has 1 aromatic heterocycles. The summed E-state index contributed by atoms with van der Waals surface area (Å²) in [6, 6.07) is 9.59. The maximum absolute atomic E-state index is 13.9. The van der Waals surface area contributed by atoms with E-state index in [-0.39, 0.29) is 31.0 Å². The van der Waals surface area contributed by atoms with Gasteiger partial charge in [0.15, 0.2) is 22.9 Å². The third-order valence-electron chi connectivity index (χ3n) is 6.15. The summed E-state index contributed by atoms with van der Waals surface area (Å²) >= 11 is 4.81. The standard InChI is InChI=1S/C29H29BrN2O8S/c1-6-38-24(33)15-40-18-10-8-17(9-11-18)12-23-27(34)32-26(19-13-21(36-4)22(37-5)14-20(19)30)25(28(35)39-7-2)16(3)31-29(32)41-23/h8-14,26H,6-7,15H2,1-5H3/b23-12-/t26-/m1/s1. The molecule has 2 heterocycles. The average molecular weight is 646 g/mol. The van der Waals surface area contributed by atoms with Crippen molar-refractivity contribution in [3.63, 3.8) is 0 Å². The van der Waals surface area contributed by atoms with Crippen LogP contribution in [0.15, 0.2) is 61.9 Å². The first-order valence-electron chi connectivity index (χ1n) is 12.7. The van der Waals surface area contributed by atoms with E-state index in [4.69, 9.17) is 23.7 Å². The van der Waals surface area contributed by atoms with E-state index in [0.29, 0.717) is 42.3 Å². The highest BCUT2D eigenvalue weighted by molar-refractivity contribution is 9.10. The summed E-state index contributed by atoms with van der Waals surface area (Å²) < 4.78 is 29.2. The van der Waals surface area contributed by atoms with Crippen molar-refractivity contribution in [2.45, 2.75) is 26.8 Å². The summed E-state index contributed by atoms with van der Waals surface area (Å²) in [6.45, 7) is 5.42. The van der Waals surface area contributed by atoms with Crippen molar-refractivity contribution >= 4 is 45.3 Å². The molecule has 1 aliphatic heterocycles. The minimum Gasteiger partial charge on any atom is -0.493 e. The van der Waals surface area contributed by atoms with Gasteiger partial charge in [0.25, 0.3) is 5.56 Å². The summed E-state index contributed by atoms with van der Waals surface area (Å²) in [6.07, 6.45) is 1.74. The van der Waals surface area contributed by atoms with Crippen molar-refractivity contribution in [2.24, 2.45) is 4.99 Å². The molecule has 0 unspecified atom stereocenters. The number of hydrogen-bond acceptors (Lipinski definition) is 10. The fourth-order valence-electron chi connectivity index (χ4n) is 4.32. The number of fused-ring (bicyclic) bond motifs is 1. The molecule has 12 heteroatoms. The lowest BCUT2D eigenvalue weighted by Gasteiger charge is -2.26. The van der Waals surface area contributed by atoms with Crippen LogP contribution in [0, 0.1) is 0 Å². The van der Waals surface area contributed by atoms with Gasteiger partial charge in [-0.2, -0.15) is 0 Å². The van der Waals surface area contributed by atoms with Crippen LogP contribution in [0.4, 0.5) is 0 Å². The molecule has 4 rings (SSSR count). The van der Waals surface area contributed by atoms with Crippen molar-refractivity contribution < 1.29 is 33.3 Å². The largest absolute Gasteiger partial charge is 0.493 e. The summed E-state index contributed by atoms with van der Waals surface area (Å²) in [5, 5.41) is 0. The molecule has 0 saturated carbocycles. The number of allylic oxidation sites excluding steroid dienone is 1. The van der Waals surface area contributed by atoms with Gasteiger partial charge in [0.1, 0.15) is 5.75 Å². The number of carbonyl (C=O) groups excluding carboxylic acids is 2. The van der Waals surface area contributed by atoms with Crippen molar-refractivity contribution in [3.8, 4) is 17.2 Å². The number of benzene rings is 2. The number of nitrogens with zero attached hydrogens (tertiary/aromatic N) is 2.